The molecule has 25 heavy (non-hydrogen) atoms. The molecule has 0 bridgehead atoms. The van der Waals surface area contributed by atoms with Crippen LogP contribution >= 0.6 is 0 Å². The van der Waals surface area contributed by atoms with E-state index in [0.29, 0.717) is 29.7 Å². The van der Waals surface area contributed by atoms with E-state index in [4.69, 9.17) is 4.74 Å². The molecule has 0 amide bonds. The van der Waals surface area contributed by atoms with Crippen molar-refractivity contribution in [3.05, 3.63) is 70.4 Å². The van der Waals surface area contributed by atoms with Gasteiger partial charge in [-0.25, -0.2) is 0 Å². The molecule has 3 rings (SSSR count). The predicted octanol–water partition coefficient (Wildman–Crippen LogP) is 3.97. The highest BCUT2D eigenvalue weighted by Gasteiger charge is 2.21. The van der Waals surface area contributed by atoms with Crippen LogP contribution in [0.15, 0.2) is 54.7 Å². The Morgan fingerprint density at radius 1 is 1.16 bits per heavy atom. The fourth-order valence-electron chi connectivity index (χ4n) is 2.76. The average Bonchev–Trinajstić information content (AvgIpc) is 2.62. The number of nitrogens with zero attached hydrogens (tertiary/aromatic N) is 3. The van der Waals surface area contributed by atoms with Crippen molar-refractivity contribution in [1.82, 2.24) is 4.98 Å². The van der Waals surface area contributed by atoms with Gasteiger partial charge in [0.2, 0.25) is 0 Å². The number of para-hydroxylation sites is 1. The van der Waals surface area contributed by atoms with Crippen LogP contribution in [-0.2, 0) is 0 Å². The van der Waals surface area contributed by atoms with Gasteiger partial charge in [-0.1, -0.05) is 18.2 Å². The summed E-state index contributed by atoms with van der Waals surface area (Å²) in [5, 5.41) is 12.1. The third kappa shape index (κ3) is 3.52. The van der Waals surface area contributed by atoms with Gasteiger partial charge in [0.05, 0.1) is 22.4 Å². The molecular formula is C19H19N3O3. The molecule has 0 atom stereocenters. The Kier molecular flexibility index (Phi) is 4.79. The molecule has 0 unspecified atom stereocenters. The maximum absolute atomic E-state index is 11.6. The van der Waals surface area contributed by atoms with E-state index in [1.807, 2.05) is 43.1 Å². The van der Waals surface area contributed by atoms with Gasteiger partial charge >= 0.3 is 5.69 Å². The highest BCUT2D eigenvalue weighted by Crippen LogP contribution is 2.34. The monoisotopic (exact) mass is 337 g/mol. The zero-order chi connectivity index (χ0) is 17.8. The van der Waals surface area contributed by atoms with Crippen LogP contribution in [0.2, 0.25) is 0 Å². The van der Waals surface area contributed by atoms with Crippen LogP contribution in [0, 0.1) is 17.0 Å². The summed E-state index contributed by atoms with van der Waals surface area (Å²) in [6, 6.07) is 14.8. The number of pyridine rings is 1. The molecule has 1 heterocycles. The number of anilines is 1. The second-order valence-corrected chi connectivity index (χ2v) is 5.80. The van der Waals surface area contributed by atoms with Crippen LogP contribution in [0.3, 0.4) is 0 Å². The second-order valence-electron chi connectivity index (χ2n) is 5.80. The summed E-state index contributed by atoms with van der Waals surface area (Å²) in [6.45, 7) is 2.95. The molecule has 128 valence electrons. The normalized spacial score (nSPS) is 10.6. The van der Waals surface area contributed by atoms with Gasteiger partial charge in [0, 0.05) is 13.2 Å². The van der Waals surface area contributed by atoms with Crippen LogP contribution in [0.4, 0.5) is 11.4 Å². The third-order valence-corrected chi connectivity index (χ3v) is 4.11. The van der Waals surface area contributed by atoms with E-state index in [0.717, 1.165) is 11.3 Å². The lowest BCUT2D eigenvalue weighted by Crippen LogP contribution is -2.24. The maximum Gasteiger partial charge on any atom is 0.301 e. The second kappa shape index (κ2) is 7.17. The van der Waals surface area contributed by atoms with Gasteiger partial charge < -0.3 is 9.64 Å². The van der Waals surface area contributed by atoms with Gasteiger partial charge in [0.1, 0.15) is 18.0 Å². The maximum atomic E-state index is 11.6. The standard InChI is InChI=1S/C19H19N3O3/c1-14-6-3-4-8-18(14)25-13-12-21(2)17-10-9-16-15(7-5-11-20-16)19(17)22(23)24/h3-11H,12-13H2,1-2H3. The zero-order valence-electron chi connectivity index (χ0n) is 14.2. The summed E-state index contributed by atoms with van der Waals surface area (Å²) >= 11 is 0. The Bertz CT molecular complexity index is 911. The van der Waals surface area contributed by atoms with E-state index in [-0.39, 0.29) is 10.6 Å². The molecule has 0 fully saturated rings. The smallest absolute Gasteiger partial charge is 0.301 e. The minimum Gasteiger partial charge on any atom is -0.491 e. The van der Waals surface area contributed by atoms with Crippen molar-refractivity contribution in [2.24, 2.45) is 0 Å². The van der Waals surface area contributed by atoms with Gasteiger partial charge in [-0.15, -0.1) is 0 Å². The largest absolute Gasteiger partial charge is 0.491 e. The molecule has 0 aliphatic carbocycles. The van der Waals surface area contributed by atoms with Gasteiger partial charge in [0.15, 0.2) is 0 Å². The fourth-order valence-corrected chi connectivity index (χ4v) is 2.76. The van der Waals surface area contributed by atoms with Crippen molar-refractivity contribution >= 4 is 22.3 Å². The number of hydrogen-bond acceptors (Lipinski definition) is 5. The molecule has 0 spiro atoms. The van der Waals surface area contributed by atoms with Crippen LogP contribution in [0.25, 0.3) is 10.9 Å². The summed E-state index contributed by atoms with van der Waals surface area (Å²) < 4.78 is 5.79. The molecule has 6 nitrogen and oxygen atoms in total. The average molecular weight is 337 g/mol. The van der Waals surface area contributed by atoms with E-state index < -0.39 is 0 Å². The molecule has 0 radical (unpaired) electrons. The molecule has 6 heteroatoms. The van der Waals surface area contributed by atoms with E-state index in [1.165, 1.54) is 0 Å². The van der Waals surface area contributed by atoms with E-state index in [2.05, 4.69) is 4.98 Å². The highest BCUT2D eigenvalue weighted by molar-refractivity contribution is 5.94. The Morgan fingerprint density at radius 3 is 2.72 bits per heavy atom. The van der Waals surface area contributed by atoms with Crippen molar-refractivity contribution < 1.29 is 9.66 Å². The number of aryl methyl sites for hydroxylation is 1. The summed E-state index contributed by atoms with van der Waals surface area (Å²) in [5.41, 5.74) is 2.30. The molecule has 0 aliphatic heterocycles. The van der Waals surface area contributed by atoms with Gasteiger partial charge in [-0.2, -0.15) is 0 Å². The van der Waals surface area contributed by atoms with Gasteiger partial charge in [0.25, 0.3) is 0 Å². The highest BCUT2D eigenvalue weighted by atomic mass is 16.6. The van der Waals surface area contributed by atoms with Gasteiger partial charge in [-0.3, -0.25) is 15.1 Å². The number of likely N-dealkylation sites (N-methyl/N-ethyl adjacent to an activating group) is 1. The quantitative estimate of drug-likeness (QED) is 0.503. The number of benzene rings is 2. The lowest BCUT2D eigenvalue weighted by molar-refractivity contribution is -0.382. The minimum atomic E-state index is -0.349. The summed E-state index contributed by atoms with van der Waals surface area (Å²) in [5.74, 6) is 0.827. The minimum absolute atomic E-state index is 0.0731. The number of hydrogen-bond donors (Lipinski definition) is 0. The van der Waals surface area contributed by atoms with Crippen molar-refractivity contribution in [2.75, 3.05) is 25.1 Å². The lowest BCUT2D eigenvalue weighted by atomic mass is 10.1. The Balaban J connectivity index is 1.80. The molecule has 3 aromatic rings. The topological polar surface area (TPSA) is 68.5 Å². The van der Waals surface area contributed by atoms with Crippen molar-refractivity contribution in [3.8, 4) is 5.75 Å². The first-order valence-corrected chi connectivity index (χ1v) is 7.99. The summed E-state index contributed by atoms with van der Waals surface area (Å²) in [7, 11) is 1.83. The Labute approximate surface area is 145 Å². The molecular weight excluding hydrogens is 318 g/mol. The fraction of sp³-hybridized carbons (Fsp3) is 0.211. The van der Waals surface area contributed by atoms with E-state index in [9.17, 15) is 10.1 Å². The molecule has 0 saturated carbocycles. The van der Waals surface area contributed by atoms with Crippen LogP contribution in [0.5, 0.6) is 5.75 Å². The summed E-state index contributed by atoms with van der Waals surface area (Å²) in [6.07, 6.45) is 1.63. The van der Waals surface area contributed by atoms with Gasteiger partial charge in [-0.05, 0) is 42.8 Å². The Morgan fingerprint density at radius 2 is 1.96 bits per heavy atom. The van der Waals surface area contributed by atoms with Crippen molar-refractivity contribution in [3.63, 3.8) is 0 Å². The number of aromatic nitrogens is 1. The molecule has 0 saturated heterocycles. The number of rotatable bonds is 6. The number of fused-ring (bicyclic) bond motifs is 1. The van der Waals surface area contributed by atoms with Crippen LogP contribution in [0.1, 0.15) is 5.56 Å². The van der Waals surface area contributed by atoms with Crippen molar-refractivity contribution in [1.29, 1.82) is 0 Å². The molecule has 0 aliphatic rings. The van der Waals surface area contributed by atoms with Crippen molar-refractivity contribution in [2.45, 2.75) is 6.92 Å². The van der Waals surface area contributed by atoms with E-state index in [1.54, 1.807) is 30.5 Å². The van der Waals surface area contributed by atoms with Crippen LogP contribution in [-0.4, -0.2) is 30.1 Å². The third-order valence-electron chi connectivity index (χ3n) is 4.11. The first-order valence-electron chi connectivity index (χ1n) is 7.99. The molecule has 2 aromatic carbocycles. The van der Waals surface area contributed by atoms with E-state index >= 15 is 0 Å². The first-order chi connectivity index (χ1) is 12.1. The number of nitro benzene ring substituents is 1. The Hall–Kier alpha value is -3.15. The van der Waals surface area contributed by atoms with Crippen LogP contribution < -0.4 is 9.64 Å². The SMILES string of the molecule is Cc1ccccc1OCCN(C)c1ccc2ncccc2c1[N+](=O)[O-]. The molecule has 0 N–H and O–H groups in total. The first kappa shape index (κ1) is 16.7. The number of nitro groups is 1. The number of ether oxygens (including phenoxy) is 1. The zero-order valence-corrected chi connectivity index (χ0v) is 14.2. The lowest BCUT2D eigenvalue weighted by Gasteiger charge is -2.20. The summed E-state index contributed by atoms with van der Waals surface area (Å²) in [4.78, 5) is 17.3. The molecule has 1 aromatic heterocycles. The predicted molar refractivity (Wildman–Crippen MR) is 98.3 cm³/mol.